The molecule has 3 unspecified atom stereocenters. The Hall–Kier alpha value is -0.810. The van der Waals surface area contributed by atoms with Gasteiger partial charge in [-0.1, -0.05) is 18.3 Å². The minimum Gasteiger partial charge on any atom is -0.469 e. The van der Waals surface area contributed by atoms with Crippen LogP contribution < -0.4 is 0 Å². The van der Waals surface area contributed by atoms with Crippen molar-refractivity contribution in [1.82, 2.24) is 0 Å². The third kappa shape index (κ3) is 3.14. The highest BCUT2D eigenvalue weighted by molar-refractivity contribution is 8.16. The predicted octanol–water partition coefficient (Wildman–Crippen LogP) is 2.23. The smallest absolute Gasteiger partial charge is 0.308 e. The molecule has 3 atom stereocenters. The number of thioether (sulfide) groups is 1. The maximum Gasteiger partial charge on any atom is 0.308 e. The maximum atomic E-state index is 11.5. The van der Waals surface area contributed by atoms with Crippen molar-refractivity contribution in [2.45, 2.75) is 31.8 Å². The van der Waals surface area contributed by atoms with Gasteiger partial charge in [0.1, 0.15) is 10.6 Å². The van der Waals surface area contributed by atoms with Gasteiger partial charge in [0.15, 0.2) is 0 Å². The van der Waals surface area contributed by atoms with Crippen LogP contribution in [0.1, 0.15) is 26.2 Å². The van der Waals surface area contributed by atoms with E-state index in [1.54, 1.807) is 19.4 Å². The number of carbonyl (C=O) groups excluding carboxylic acids is 1. The van der Waals surface area contributed by atoms with Crippen LogP contribution in [0.25, 0.3) is 0 Å². The van der Waals surface area contributed by atoms with E-state index in [0.29, 0.717) is 11.5 Å². The first kappa shape index (κ1) is 15.2. The summed E-state index contributed by atoms with van der Waals surface area (Å²) in [6.07, 6.45) is 2.23. The van der Waals surface area contributed by atoms with Gasteiger partial charge in [-0.2, -0.15) is 0 Å². The average molecular weight is 271 g/mol. The van der Waals surface area contributed by atoms with Gasteiger partial charge in [0.2, 0.25) is 0 Å². The molecule has 0 heterocycles. The Balaban J connectivity index is 2.76. The van der Waals surface area contributed by atoms with Crippen LogP contribution in [0.4, 0.5) is 0 Å². The number of methoxy groups -OCH3 is 1. The van der Waals surface area contributed by atoms with Crippen molar-refractivity contribution in [2.24, 2.45) is 16.8 Å². The number of nitrogens with zero attached hydrogens (tertiary/aromatic N) is 1. The summed E-state index contributed by atoms with van der Waals surface area (Å²) in [4.78, 5) is 15.6. The van der Waals surface area contributed by atoms with Crippen molar-refractivity contribution in [3.8, 4) is 0 Å². The molecule has 1 rings (SSSR count). The monoisotopic (exact) mass is 271 g/mol. The second-order valence-corrected chi connectivity index (χ2v) is 5.65. The number of esters is 1. The van der Waals surface area contributed by atoms with Crippen LogP contribution in [0.15, 0.2) is 17.0 Å². The topological polar surface area (TPSA) is 58.9 Å². The molecule has 0 radical (unpaired) electrons. The fourth-order valence-electron chi connectivity index (χ4n) is 2.52. The van der Waals surface area contributed by atoms with Crippen LogP contribution in [0.5, 0.6) is 0 Å². The van der Waals surface area contributed by atoms with Crippen molar-refractivity contribution >= 4 is 22.8 Å². The minimum absolute atomic E-state index is 0.0350. The number of carbonyl (C=O) groups is 1. The van der Waals surface area contributed by atoms with Gasteiger partial charge in [0.25, 0.3) is 0 Å². The van der Waals surface area contributed by atoms with Crippen molar-refractivity contribution in [3.05, 3.63) is 12.0 Å². The zero-order chi connectivity index (χ0) is 13.8. The standard InChI is InChI=1S/C13H21NO3S/c1-5-18-12(14-3)13(2,16)10-7-6-9(8-10)11(15)17-4/h5,9-10,16H,1,6-8H2,2-4H3. The molecule has 1 fully saturated rings. The molecule has 1 aliphatic rings. The average Bonchev–Trinajstić information content (AvgIpc) is 2.84. The number of ether oxygens (including phenoxy) is 1. The molecule has 4 nitrogen and oxygen atoms in total. The molecule has 0 spiro atoms. The zero-order valence-corrected chi connectivity index (χ0v) is 12.0. The highest BCUT2D eigenvalue weighted by atomic mass is 32.2. The minimum atomic E-state index is -1.00. The Morgan fingerprint density at radius 3 is 2.78 bits per heavy atom. The Kier molecular flexibility index (Phi) is 5.41. The van der Waals surface area contributed by atoms with Crippen LogP contribution in [0.2, 0.25) is 0 Å². The molecule has 0 aromatic heterocycles. The zero-order valence-electron chi connectivity index (χ0n) is 11.2. The van der Waals surface area contributed by atoms with E-state index in [-0.39, 0.29) is 17.8 Å². The molecule has 5 heteroatoms. The molecule has 18 heavy (non-hydrogen) atoms. The van der Waals surface area contributed by atoms with Gasteiger partial charge in [-0.3, -0.25) is 9.79 Å². The number of aliphatic imine (C=N–C) groups is 1. The van der Waals surface area contributed by atoms with Crippen molar-refractivity contribution in [2.75, 3.05) is 14.2 Å². The Morgan fingerprint density at radius 2 is 2.28 bits per heavy atom. The van der Waals surface area contributed by atoms with Crippen LogP contribution in [-0.2, 0) is 9.53 Å². The van der Waals surface area contributed by atoms with Gasteiger partial charge in [0.05, 0.1) is 13.0 Å². The Bertz CT molecular complexity index is 352. The van der Waals surface area contributed by atoms with Gasteiger partial charge in [0, 0.05) is 7.05 Å². The molecule has 0 saturated heterocycles. The lowest BCUT2D eigenvalue weighted by molar-refractivity contribution is -0.145. The molecule has 0 amide bonds. The summed E-state index contributed by atoms with van der Waals surface area (Å²) in [6, 6.07) is 0. The third-order valence-corrected chi connectivity index (χ3v) is 4.58. The highest BCUT2D eigenvalue weighted by Crippen LogP contribution is 2.40. The fourth-order valence-corrected chi connectivity index (χ4v) is 3.19. The summed E-state index contributed by atoms with van der Waals surface area (Å²) >= 11 is 1.33. The second kappa shape index (κ2) is 6.38. The highest BCUT2D eigenvalue weighted by Gasteiger charge is 2.43. The van der Waals surface area contributed by atoms with E-state index in [1.807, 2.05) is 0 Å². The van der Waals surface area contributed by atoms with Crippen LogP contribution in [0, 0.1) is 11.8 Å². The largest absolute Gasteiger partial charge is 0.469 e. The quantitative estimate of drug-likeness (QED) is 0.484. The molecule has 1 N–H and O–H groups in total. The lowest BCUT2D eigenvalue weighted by Crippen LogP contribution is -2.40. The summed E-state index contributed by atoms with van der Waals surface area (Å²) in [7, 11) is 3.06. The first-order chi connectivity index (χ1) is 8.47. The molecule has 102 valence electrons. The predicted molar refractivity (Wildman–Crippen MR) is 74.6 cm³/mol. The van der Waals surface area contributed by atoms with Gasteiger partial charge >= 0.3 is 5.97 Å². The number of aliphatic hydroxyl groups is 1. The van der Waals surface area contributed by atoms with Crippen molar-refractivity contribution < 1.29 is 14.6 Å². The van der Waals surface area contributed by atoms with Crippen LogP contribution in [0.3, 0.4) is 0 Å². The molecular formula is C13H21NO3S. The van der Waals surface area contributed by atoms with E-state index in [1.165, 1.54) is 18.9 Å². The summed E-state index contributed by atoms with van der Waals surface area (Å²) < 4.78 is 4.76. The summed E-state index contributed by atoms with van der Waals surface area (Å²) in [5.74, 6) is -0.245. The van der Waals surface area contributed by atoms with Gasteiger partial charge in [-0.15, -0.1) is 0 Å². The summed E-state index contributed by atoms with van der Waals surface area (Å²) in [6.45, 7) is 5.40. The molecule has 0 aromatic rings. The number of hydrogen-bond acceptors (Lipinski definition) is 5. The lowest BCUT2D eigenvalue weighted by Gasteiger charge is -2.30. The second-order valence-electron chi connectivity index (χ2n) is 4.69. The first-order valence-electron chi connectivity index (χ1n) is 6.02. The number of rotatable bonds is 4. The summed E-state index contributed by atoms with van der Waals surface area (Å²) in [5.41, 5.74) is -1.00. The molecular weight excluding hydrogens is 250 g/mol. The normalized spacial score (nSPS) is 27.7. The Morgan fingerprint density at radius 1 is 1.61 bits per heavy atom. The van der Waals surface area contributed by atoms with E-state index in [4.69, 9.17) is 4.74 Å². The fraction of sp³-hybridized carbons (Fsp3) is 0.692. The summed E-state index contributed by atoms with van der Waals surface area (Å²) in [5, 5.41) is 12.9. The molecule has 0 bridgehead atoms. The van der Waals surface area contributed by atoms with Crippen LogP contribution in [-0.4, -0.2) is 35.9 Å². The van der Waals surface area contributed by atoms with E-state index in [2.05, 4.69) is 11.6 Å². The van der Waals surface area contributed by atoms with E-state index >= 15 is 0 Å². The molecule has 0 aliphatic heterocycles. The molecule has 1 aliphatic carbocycles. The lowest BCUT2D eigenvalue weighted by atomic mass is 9.87. The molecule has 0 aromatic carbocycles. The van der Waals surface area contributed by atoms with E-state index in [0.717, 1.165) is 12.8 Å². The van der Waals surface area contributed by atoms with Gasteiger partial charge in [-0.25, -0.2) is 0 Å². The van der Waals surface area contributed by atoms with E-state index in [9.17, 15) is 9.90 Å². The first-order valence-corrected chi connectivity index (χ1v) is 6.90. The molecule has 1 saturated carbocycles. The maximum absolute atomic E-state index is 11.5. The van der Waals surface area contributed by atoms with Crippen LogP contribution >= 0.6 is 11.8 Å². The van der Waals surface area contributed by atoms with Gasteiger partial charge in [-0.05, 0) is 37.5 Å². The van der Waals surface area contributed by atoms with Crippen molar-refractivity contribution in [3.63, 3.8) is 0 Å². The SMILES string of the molecule is C=CSC(=NC)C(C)(O)C1CCC(C(=O)OC)C1. The Labute approximate surface area is 113 Å². The number of hydrogen-bond donors (Lipinski definition) is 1. The third-order valence-electron chi connectivity index (χ3n) is 3.59. The van der Waals surface area contributed by atoms with Crippen molar-refractivity contribution in [1.29, 1.82) is 0 Å². The van der Waals surface area contributed by atoms with E-state index < -0.39 is 5.60 Å². The van der Waals surface area contributed by atoms with Gasteiger partial charge < -0.3 is 9.84 Å².